The second kappa shape index (κ2) is 6.33. The third kappa shape index (κ3) is 2.96. The molecule has 0 aliphatic carbocycles. The summed E-state index contributed by atoms with van der Waals surface area (Å²) < 4.78 is 0. The van der Waals surface area contributed by atoms with E-state index in [1.165, 1.54) is 5.56 Å². The topological polar surface area (TPSA) is 74.8 Å². The van der Waals surface area contributed by atoms with Gasteiger partial charge in [0.15, 0.2) is 5.82 Å². The summed E-state index contributed by atoms with van der Waals surface area (Å²) in [6, 6.07) is 10.3. The summed E-state index contributed by atoms with van der Waals surface area (Å²) in [7, 11) is 0. The highest BCUT2D eigenvalue weighted by molar-refractivity contribution is 5.47. The molecule has 24 heavy (non-hydrogen) atoms. The fraction of sp³-hybridized carbons (Fsp3) is 0.222. The van der Waals surface area contributed by atoms with Gasteiger partial charge in [0.05, 0.1) is 11.9 Å². The average molecular weight is 319 g/mol. The lowest BCUT2D eigenvalue weighted by Gasteiger charge is -2.27. The lowest BCUT2D eigenvalue weighted by molar-refractivity contribution is 0.240. The van der Waals surface area contributed by atoms with Gasteiger partial charge in [0.1, 0.15) is 5.69 Å². The minimum Gasteiger partial charge on any atom is -0.305 e. The van der Waals surface area contributed by atoms with E-state index in [1.807, 2.05) is 18.2 Å². The molecule has 0 radical (unpaired) electrons. The zero-order valence-corrected chi connectivity index (χ0v) is 13.1. The van der Waals surface area contributed by atoms with Crippen molar-refractivity contribution in [3.63, 3.8) is 0 Å². The number of nitrogens with zero attached hydrogens (tertiary/aromatic N) is 4. The fourth-order valence-corrected chi connectivity index (χ4v) is 3.01. The number of hydrogen-bond donors (Lipinski definition) is 1. The van der Waals surface area contributed by atoms with E-state index >= 15 is 0 Å². The normalized spacial score (nSPS) is 14.3. The van der Waals surface area contributed by atoms with Crippen LogP contribution in [0.2, 0.25) is 0 Å². The number of nitrogens with one attached hydrogen (secondary N) is 1. The first-order valence-electron chi connectivity index (χ1n) is 7.94. The summed E-state index contributed by atoms with van der Waals surface area (Å²) in [6.45, 7) is 2.38. The summed E-state index contributed by atoms with van der Waals surface area (Å²) in [5.74, 6) is 0.480. The molecule has 1 aromatic carbocycles. The Kier molecular flexibility index (Phi) is 3.88. The van der Waals surface area contributed by atoms with Gasteiger partial charge in [-0.15, -0.1) is 0 Å². The lowest BCUT2D eigenvalue weighted by atomic mass is 10.1. The molecule has 3 heterocycles. The fourth-order valence-electron chi connectivity index (χ4n) is 3.01. The molecule has 120 valence electrons. The number of hydrogen-bond acceptors (Lipinski definition) is 5. The molecule has 6 heteroatoms. The minimum absolute atomic E-state index is 0.0694. The molecule has 1 aliphatic rings. The lowest BCUT2D eigenvalue weighted by Crippen LogP contribution is -2.35. The summed E-state index contributed by atoms with van der Waals surface area (Å²) in [4.78, 5) is 30.4. The Balaban J connectivity index is 1.62. The van der Waals surface area contributed by atoms with Crippen molar-refractivity contribution in [3.05, 3.63) is 76.1 Å². The van der Waals surface area contributed by atoms with Gasteiger partial charge >= 0.3 is 0 Å². The smallest absolute Gasteiger partial charge is 0.254 e. The van der Waals surface area contributed by atoms with Crippen LogP contribution in [-0.2, 0) is 19.5 Å². The molecule has 2 aromatic heterocycles. The van der Waals surface area contributed by atoms with Crippen molar-refractivity contribution in [2.45, 2.75) is 19.5 Å². The summed E-state index contributed by atoms with van der Waals surface area (Å²) >= 11 is 0. The van der Waals surface area contributed by atoms with Crippen molar-refractivity contribution < 1.29 is 0 Å². The molecule has 0 saturated carbocycles. The molecule has 0 saturated heterocycles. The van der Waals surface area contributed by atoms with E-state index < -0.39 is 0 Å². The van der Waals surface area contributed by atoms with Gasteiger partial charge in [0.2, 0.25) is 0 Å². The highest BCUT2D eigenvalue weighted by Crippen LogP contribution is 2.18. The monoisotopic (exact) mass is 319 g/mol. The summed E-state index contributed by atoms with van der Waals surface area (Å²) in [5.41, 5.74) is 3.39. The van der Waals surface area contributed by atoms with Gasteiger partial charge in [-0.25, -0.2) is 9.97 Å². The van der Waals surface area contributed by atoms with Gasteiger partial charge in [0, 0.05) is 37.6 Å². The first kappa shape index (κ1) is 14.7. The van der Waals surface area contributed by atoms with E-state index in [0.29, 0.717) is 24.5 Å². The van der Waals surface area contributed by atoms with Crippen LogP contribution in [0, 0.1) is 0 Å². The Morgan fingerprint density at radius 3 is 2.83 bits per heavy atom. The van der Waals surface area contributed by atoms with Crippen molar-refractivity contribution in [2.24, 2.45) is 0 Å². The van der Waals surface area contributed by atoms with E-state index in [4.69, 9.17) is 0 Å². The van der Waals surface area contributed by atoms with Crippen LogP contribution >= 0.6 is 0 Å². The maximum absolute atomic E-state index is 12.4. The highest BCUT2D eigenvalue weighted by Gasteiger charge is 2.21. The molecular formula is C18H17N5O. The van der Waals surface area contributed by atoms with Crippen molar-refractivity contribution in [3.8, 4) is 11.5 Å². The number of rotatable bonds is 3. The van der Waals surface area contributed by atoms with Crippen LogP contribution in [0.1, 0.15) is 16.8 Å². The molecule has 0 fully saturated rings. The molecule has 0 atom stereocenters. The van der Waals surface area contributed by atoms with Crippen LogP contribution in [0.4, 0.5) is 0 Å². The molecule has 0 bridgehead atoms. The molecule has 6 nitrogen and oxygen atoms in total. The third-order valence-corrected chi connectivity index (χ3v) is 4.21. The largest absolute Gasteiger partial charge is 0.305 e. The van der Waals surface area contributed by atoms with Crippen LogP contribution in [0.15, 0.2) is 53.7 Å². The van der Waals surface area contributed by atoms with Crippen LogP contribution in [0.25, 0.3) is 11.5 Å². The molecule has 0 spiro atoms. The van der Waals surface area contributed by atoms with Gasteiger partial charge in [-0.2, -0.15) is 0 Å². The highest BCUT2D eigenvalue weighted by atomic mass is 16.1. The average Bonchev–Trinajstić information content (AvgIpc) is 2.63. The Morgan fingerprint density at radius 1 is 1.17 bits per heavy atom. The van der Waals surface area contributed by atoms with Crippen LogP contribution in [0.3, 0.4) is 0 Å². The first-order chi connectivity index (χ1) is 11.8. The standard InChI is InChI=1S/C18H17N5O/c24-18-14-6-9-23(11-13-4-2-1-3-5-13)12-16(14)21-17(22-18)15-10-19-7-8-20-15/h1-5,7-8,10H,6,9,11-12H2,(H,21,22,24). The third-order valence-electron chi connectivity index (χ3n) is 4.21. The van der Waals surface area contributed by atoms with Crippen LogP contribution < -0.4 is 5.56 Å². The molecule has 3 aromatic rings. The molecule has 0 unspecified atom stereocenters. The van der Waals surface area contributed by atoms with E-state index in [9.17, 15) is 4.79 Å². The van der Waals surface area contributed by atoms with Gasteiger partial charge in [-0.1, -0.05) is 30.3 Å². The van der Waals surface area contributed by atoms with Gasteiger partial charge < -0.3 is 4.98 Å². The summed E-state index contributed by atoms with van der Waals surface area (Å²) in [6.07, 6.45) is 5.51. The number of benzene rings is 1. The van der Waals surface area contributed by atoms with Crippen LogP contribution in [0.5, 0.6) is 0 Å². The van der Waals surface area contributed by atoms with E-state index in [1.54, 1.807) is 18.6 Å². The van der Waals surface area contributed by atoms with Crippen molar-refractivity contribution in [1.82, 2.24) is 24.8 Å². The quantitative estimate of drug-likeness (QED) is 0.796. The molecule has 1 N–H and O–H groups in total. The van der Waals surface area contributed by atoms with Crippen molar-refractivity contribution >= 4 is 0 Å². The Labute approximate surface area is 139 Å². The number of aromatic nitrogens is 4. The minimum atomic E-state index is -0.0694. The Bertz CT molecular complexity index is 892. The molecule has 0 amide bonds. The van der Waals surface area contributed by atoms with E-state index in [0.717, 1.165) is 24.3 Å². The SMILES string of the molecule is O=c1[nH]c(-c2cnccn2)nc2c1CCN(Cc1ccccc1)C2. The molecule has 4 rings (SSSR count). The predicted octanol–water partition coefficient (Wildman–Crippen LogP) is 1.79. The summed E-state index contributed by atoms with van der Waals surface area (Å²) in [5, 5.41) is 0. The number of H-pyrrole nitrogens is 1. The van der Waals surface area contributed by atoms with E-state index in [2.05, 4.69) is 37.0 Å². The van der Waals surface area contributed by atoms with Gasteiger partial charge in [0.25, 0.3) is 5.56 Å². The second-order valence-corrected chi connectivity index (χ2v) is 5.88. The number of aromatic amines is 1. The first-order valence-corrected chi connectivity index (χ1v) is 7.94. The zero-order valence-electron chi connectivity index (χ0n) is 13.1. The predicted molar refractivity (Wildman–Crippen MR) is 90.1 cm³/mol. The van der Waals surface area contributed by atoms with E-state index in [-0.39, 0.29) is 5.56 Å². The number of fused-ring (bicyclic) bond motifs is 1. The van der Waals surface area contributed by atoms with Crippen LogP contribution in [-0.4, -0.2) is 31.4 Å². The zero-order chi connectivity index (χ0) is 16.4. The van der Waals surface area contributed by atoms with Gasteiger partial charge in [-0.3, -0.25) is 14.7 Å². The Hall–Kier alpha value is -2.86. The Morgan fingerprint density at radius 2 is 2.04 bits per heavy atom. The van der Waals surface area contributed by atoms with Crippen molar-refractivity contribution in [1.29, 1.82) is 0 Å². The maximum atomic E-state index is 12.4. The second-order valence-electron chi connectivity index (χ2n) is 5.88. The molecule has 1 aliphatic heterocycles. The maximum Gasteiger partial charge on any atom is 0.254 e. The molecular weight excluding hydrogens is 302 g/mol. The van der Waals surface area contributed by atoms with Gasteiger partial charge in [-0.05, 0) is 12.0 Å². The van der Waals surface area contributed by atoms with Crippen molar-refractivity contribution in [2.75, 3.05) is 6.54 Å².